The molecule has 0 fully saturated rings. The number of rotatable bonds is 1. The fourth-order valence-electron chi connectivity index (χ4n) is 1.71. The molecule has 0 bridgehead atoms. The van der Waals surface area contributed by atoms with Gasteiger partial charge in [-0.05, 0) is 0 Å². The molecule has 0 saturated heterocycles. The molecule has 1 aromatic carbocycles. The van der Waals surface area contributed by atoms with Crippen molar-refractivity contribution in [3.05, 3.63) is 47.5 Å². The van der Waals surface area contributed by atoms with E-state index in [1.165, 1.54) is 20.9 Å². The van der Waals surface area contributed by atoms with E-state index in [9.17, 15) is 0 Å². The minimum absolute atomic E-state index is 0.519. The summed E-state index contributed by atoms with van der Waals surface area (Å²) >= 11 is 0.519. The summed E-state index contributed by atoms with van der Waals surface area (Å²) in [5.74, 6) is 0. The number of para-hydroxylation sites is 1. The molecule has 0 radical (unpaired) electrons. The van der Waals surface area contributed by atoms with Gasteiger partial charge in [0.25, 0.3) is 0 Å². The van der Waals surface area contributed by atoms with Crippen LogP contribution in [-0.4, -0.2) is 19.5 Å². The van der Waals surface area contributed by atoms with Crippen LogP contribution in [0.2, 0.25) is 0 Å². The van der Waals surface area contributed by atoms with Crippen LogP contribution < -0.4 is 0 Å². The zero-order valence-corrected chi connectivity index (χ0v) is 9.24. The number of aromatic nitrogens is 1. The van der Waals surface area contributed by atoms with E-state index in [0.717, 1.165) is 0 Å². The maximum absolute atomic E-state index is 3.31. The van der Waals surface area contributed by atoms with Crippen molar-refractivity contribution in [2.24, 2.45) is 0 Å². The predicted molar refractivity (Wildman–Crippen MR) is 60.7 cm³/mol. The summed E-state index contributed by atoms with van der Waals surface area (Å²) in [6.45, 7) is 0. The first-order valence-electron chi connectivity index (χ1n) is 4.55. The molecule has 1 nitrogen and oxygen atoms in total. The monoisotopic (exact) mass is 247 g/mol. The Morgan fingerprint density at radius 2 is 1.93 bits per heavy atom. The van der Waals surface area contributed by atoms with Gasteiger partial charge in [-0.25, -0.2) is 0 Å². The Kier molecular flexibility index (Phi) is 1.83. The van der Waals surface area contributed by atoms with Crippen LogP contribution in [0, 0.1) is 0 Å². The number of hydrogen-bond donors (Lipinski definition) is 1. The minimum atomic E-state index is 0.519. The fraction of sp³-hybridized carbons (Fsp3) is 0. The Hall–Kier alpha value is -1.24. The van der Waals surface area contributed by atoms with Gasteiger partial charge < -0.3 is 0 Å². The van der Waals surface area contributed by atoms with Crippen LogP contribution >= 0.6 is 0 Å². The Bertz CT molecular complexity index is 548. The van der Waals surface area contributed by atoms with Crippen molar-refractivity contribution in [2.75, 3.05) is 0 Å². The second-order valence-electron chi connectivity index (χ2n) is 3.23. The summed E-state index contributed by atoms with van der Waals surface area (Å²) in [5, 5.41) is 1.34. The van der Waals surface area contributed by atoms with Gasteiger partial charge in [0, 0.05) is 0 Å². The van der Waals surface area contributed by atoms with Crippen LogP contribution in [0.5, 0.6) is 0 Å². The van der Waals surface area contributed by atoms with E-state index in [4.69, 9.17) is 0 Å². The van der Waals surface area contributed by atoms with Crippen LogP contribution in [0.1, 0.15) is 0 Å². The van der Waals surface area contributed by atoms with E-state index in [0.29, 0.717) is 14.5 Å². The van der Waals surface area contributed by atoms with Crippen LogP contribution in [0.25, 0.3) is 20.9 Å². The Morgan fingerprint density at radius 1 is 1.00 bits per heavy atom. The average molecular weight is 246 g/mol. The number of nitrogens with one attached hydrogen (secondary N) is 1. The van der Waals surface area contributed by atoms with Crippen LogP contribution in [-0.2, 0) is 0 Å². The molecule has 0 saturated carbocycles. The second kappa shape index (κ2) is 3.16. The normalized spacial score (nSPS) is 10.9. The summed E-state index contributed by atoms with van der Waals surface area (Å²) in [7, 11) is 0. The molecule has 14 heavy (non-hydrogen) atoms. The van der Waals surface area contributed by atoms with E-state index in [1.807, 2.05) is 0 Å². The Morgan fingerprint density at radius 3 is 2.79 bits per heavy atom. The molecule has 3 rings (SSSR count). The van der Waals surface area contributed by atoms with Gasteiger partial charge in [-0.15, -0.1) is 0 Å². The van der Waals surface area contributed by atoms with Gasteiger partial charge in [0.1, 0.15) is 0 Å². The third-order valence-corrected chi connectivity index (χ3v) is 4.27. The molecule has 2 heteroatoms. The SMILES string of the molecule is c1c[se]c(-c2c[nH]c3ccccc23)c1. The van der Waals surface area contributed by atoms with E-state index in [2.05, 4.69) is 52.5 Å². The van der Waals surface area contributed by atoms with Gasteiger partial charge in [0.05, 0.1) is 0 Å². The number of benzene rings is 1. The molecule has 0 aliphatic heterocycles. The maximum atomic E-state index is 3.31. The molecule has 0 amide bonds. The first-order valence-corrected chi connectivity index (χ1v) is 6.40. The van der Waals surface area contributed by atoms with E-state index in [1.54, 1.807) is 0 Å². The molecule has 0 spiro atoms. The Labute approximate surface area is 88.1 Å². The molecular weight excluding hydrogens is 237 g/mol. The zero-order chi connectivity index (χ0) is 9.38. The first kappa shape index (κ1) is 8.10. The van der Waals surface area contributed by atoms with Gasteiger partial charge >= 0.3 is 87.9 Å². The topological polar surface area (TPSA) is 15.8 Å². The molecule has 0 atom stereocenters. The molecule has 1 N–H and O–H groups in total. The molecule has 2 heterocycles. The van der Waals surface area contributed by atoms with Crippen LogP contribution in [0.4, 0.5) is 0 Å². The van der Waals surface area contributed by atoms with Crippen molar-refractivity contribution >= 4 is 25.4 Å². The van der Waals surface area contributed by atoms with Gasteiger partial charge in [0.2, 0.25) is 0 Å². The Balaban J connectivity index is 2.33. The standard InChI is InChI=1S/C12H9NSe/c1-2-5-11-9(4-1)10(8-13-11)12-6-3-7-14-12/h1-8,13H. The molecule has 0 aliphatic carbocycles. The molecule has 2 aromatic heterocycles. The van der Waals surface area contributed by atoms with Gasteiger partial charge in [-0.2, -0.15) is 0 Å². The van der Waals surface area contributed by atoms with Crippen LogP contribution in [0.15, 0.2) is 47.5 Å². The third kappa shape index (κ3) is 1.16. The quantitative estimate of drug-likeness (QED) is 0.635. The van der Waals surface area contributed by atoms with Crippen molar-refractivity contribution in [3.63, 3.8) is 0 Å². The molecular formula is C12H9NSe. The van der Waals surface area contributed by atoms with Crippen molar-refractivity contribution < 1.29 is 0 Å². The van der Waals surface area contributed by atoms with E-state index in [-0.39, 0.29) is 0 Å². The molecule has 68 valence electrons. The van der Waals surface area contributed by atoms with Crippen molar-refractivity contribution in [1.29, 1.82) is 0 Å². The molecule has 3 aromatic rings. The van der Waals surface area contributed by atoms with E-state index >= 15 is 0 Å². The number of aromatic amines is 1. The third-order valence-electron chi connectivity index (χ3n) is 2.38. The number of fused-ring (bicyclic) bond motifs is 1. The predicted octanol–water partition coefficient (Wildman–Crippen LogP) is 2.89. The number of H-pyrrole nitrogens is 1. The van der Waals surface area contributed by atoms with Crippen molar-refractivity contribution in [1.82, 2.24) is 4.98 Å². The van der Waals surface area contributed by atoms with Gasteiger partial charge in [-0.1, -0.05) is 0 Å². The summed E-state index contributed by atoms with van der Waals surface area (Å²) in [4.78, 5) is 5.56. The average Bonchev–Trinajstić information content (AvgIpc) is 2.85. The molecule has 0 unspecified atom stereocenters. The zero-order valence-electron chi connectivity index (χ0n) is 7.53. The van der Waals surface area contributed by atoms with Crippen LogP contribution in [0.3, 0.4) is 0 Å². The van der Waals surface area contributed by atoms with Crippen molar-refractivity contribution in [2.45, 2.75) is 0 Å². The summed E-state index contributed by atoms with van der Waals surface area (Å²) in [6, 6.07) is 12.8. The first-order chi connectivity index (χ1) is 6.95. The summed E-state index contributed by atoms with van der Waals surface area (Å²) < 4.78 is 1.47. The summed E-state index contributed by atoms with van der Waals surface area (Å²) in [6.07, 6.45) is 2.12. The van der Waals surface area contributed by atoms with E-state index < -0.39 is 0 Å². The fourth-order valence-corrected chi connectivity index (χ4v) is 3.29. The number of hydrogen-bond acceptors (Lipinski definition) is 0. The molecule has 0 aliphatic rings. The van der Waals surface area contributed by atoms with Gasteiger partial charge in [0.15, 0.2) is 0 Å². The summed E-state index contributed by atoms with van der Waals surface area (Å²) in [5.41, 5.74) is 2.59. The van der Waals surface area contributed by atoms with Gasteiger partial charge in [-0.3, -0.25) is 0 Å². The van der Waals surface area contributed by atoms with Crippen molar-refractivity contribution in [3.8, 4) is 10.0 Å². The second-order valence-corrected chi connectivity index (χ2v) is 5.21.